The summed E-state index contributed by atoms with van der Waals surface area (Å²) in [6.45, 7) is 1.41. The van der Waals surface area contributed by atoms with Crippen LogP contribution in [-0.2, 0) is 0 Å². The highest BCUT2D eigenvalue weighted by Crippen LogP contribution is 2.27. The van der Waals surface area contributed by atoms with Gasteiger partial charge in [-0.2, -0.15) is 0 Å². The summed E-state index contributed by atoms with van der Waals surface area (Å²) < 4.78 is 36.9. The summed E-state index contributed by atoms with van der Waals surface area (Å²) in [6.07, 6.45) is -1.81. The van der Waals surface area contributed by atoms with Crippen molar-refractivity contribution in [3.63, 3.8) is 0 Å². The number of alkyl halides is 2. The van der Waals surface area contributed by atoms with Crippen LogP contribution in [0.5, 0.6) is 0 Å². The Balaban J connectivity index is 3.27. The molecule has 0 aliphatic rings. The van der Waals surface area contributed by atoms with Gasteiger partial charge in [-0.1, -0.05) is 11.6 Å². The maximum Gasteiger partial charge on any atom is 0.281 e. The zero-order chi connectivity index (χ0) is 9.30. The van der Waals surface area contributed by atoms with Gasteiger partial charge in [-0.25, -0.2) is 13.2 Å². The monoisotopic (exact) mass is 195 g/mol. The molecule has 5 heteroatoms. The van der Waals surface area contributed by atoms with Gasteiger partial charge in [-0.15, -0.1) is 0 Å². The number of halogens is 4. The lowest BCUT2D eigenvalue weighted by Crippen LogP contribution is -1.96. The Morgan fingerprint density at radius 3 is 2.58 bits per heavy atom. The third kappa shape index (κ3) is 1.53. The molecule has 0 aliphatic heterocycles. The number of pyridine rings is 1. The second kappa shape index (κ2) is 3.31. The lowest BCUT2D eigenvalue weighted by atomic mass is 10.2. The van der Waals surface area contributed by atoms with E-state index in [1.165, 1.54) is 6.92 Å². The van der Waals surface area contributed by atoms with E-state index >= 15 is 0 Å². The van der Waals surface area contributed by atoms with E-state index in [1.807, 2.05) is 0 Å². The molecule has 1 heterocycles. The van der Waals surface area contributed by atoms with Crippen LogP contribution in [0.1, 0.15) is 17.7 Å². The molecule has 0 spiro atoms. The Hall–Kier alpha value is -0.770. The molecular weight excluding hydrogens is 191 g/mol. The molecule has 1 rings (SSSR count). The SMILES string of the molecule is Cc1cnc(C(F)F)c(Cl)c1F. The molecule has 0 saturated carbocycles. The molecule has 66 valence electrons. The molecule has 0 saturated heterocycles. The highest BCUT2D eigenvalue weighted by atomic mass is 35.5. The average molecular weight is 196 g/mol. The van der Waals surface area contributed by atoms with E-state index in [2.05, 4.69) is 4.98 Å². The van der Waals surface area contributed by atoms with Crippen molar-refractivity contribution in [2.45, 2.75) is 13.3 Å². The van der Waals surface area contributed by atoms with Gasteiger partial charge >= 0.3 is 0 Å². The van der Waals surface area contributed by atoms with Crippen molar-refractivity contribution in [2.75, 3.05) is 0 Å². The molecule has 0 aliphatic carbocycles. The molecule has 1 aromatic rings. The number of rotatable bonds is 1. The molecule has 0 atom stereocenters. The van der Waals surface area contributed by atoms with Gasteiger partial charge in [-0.3, -0.25) is 4.98 Å². The lowest BCUT2D eigenvalue weighted by Gasteiger charge is -2.03. The van der Waals surface area contributed by atoms with Gasteiger partial charge in [0.25, 0.3) is 6.43 Å². The van der Waals surface area contributed by atoms with E-state index in [1.54, 1.807) is 0 Å². The van der Waals surface area contributed by atoms with Crippen LogP contribution in [-0.4, -0.2) is 4.98 Å². The maximum absolute atomic E-state index is 12.8. The van der Waals surface area contributed by atoms with E-state index in [9.17, 15) is 13.2 Å². The minimum Gasteiger partial charge on any atom is -0.253 e. The third-order valence-electron chi connectivity index (χ3n) is 1.37. The van der Waals surface area contributed by atoms with Crippen LogP contribution in [0, 0.1) is 12.7 Å². The first-order valence-electron chi connectivity index (χ1n) is 3.12. The van der Waals surface area contributed by atoms with Crippen molar-refractivity contribution in [1.82, 2.24) is 4.98 Å². The van der Waals surface area contributed by atoms with Crippen LogP contribution in [0.3, 0.4) is 0 Å². The molecule has 0 bridgehead atoms. The van der Waals surface area contributed by atoms with Gasteiger partial charge < -0.3 is 0 Å². The second-order valence-corrected chi connectivity index (χ2v) is 2.63. The van der Waals surface area contributed by atoms with Crippen molar-refractivity contribution in [2.24, 2.45) is 0 Å². The van der Waals surface area contributed by atoms with E-state index in [4.69, 9.17) is 11.6 Å². The summed E-state index contributed by atoms with van der Waals surface area (Å²) >= 11 is 5.28. The molecule has 0 N–H and O–H groups in total. The largest absolute Gasteiger partial charge is 0.281 e. The van der Waals surface area contributed by atoms with Crippen molar-refractivity contribution < 1.29 is 13.2 Å². The first-order chi connectivity index (χ1) is 5.54. The maximum atomic E-state index is 12.8. The van der Waals surface area contributed by atoms with Crippen LogP contribution < -0.4 is 0 Å². The quantitative estimate of drug-likeness (QED) is 0.671. The van der Waals surface area contributed by atoms with E-state index in [0.717, 1.165) is 6.20 Å². The number of aromatic nitrogens is 1. The standard InChI is InChI=1S/C7H5ClF3N/c1-3-2-12-6(7(10)11)4(8)5(3)9/h2,7H,1H3. The van der Waals surface area contributed by atoms with Gasteiger partial charge in [0.05, 0.1) is 0 Å². The molecule has 1 aromatic heterocycles. The zero-order valence-corrected chi connectivity index (χ0v) is 6.87. The fraction of sp³-hybridized carbons (Fsp3) is 0.286. The normalized spacial score (nSPS) is 10.8. The summed E-state index contributed by atoms with van der Waals surface area (Å²) in [5.74, 6) is -0.832. The molecule has 0 fully saturated rings. The molecule has 0 unspecified atom stereocenters. The fourth-order valence-electron chi connectivity index (χ4n) is 0.717. The summed E-state index contributed by atoms with van der Waals surface area (Å²) in [6, 6.07) is 0. The molecule has 1 nitrogen and oxygen atoms in total. The fourth-order valence-corrected chi connectivity index (χ4v) is 0.998. The summed E-state index contributed by atoms with van der Waals surface area (Å²) in [7, 11) is 0. The highest BCUT2D eigenvalue weighted by molar-refractivity contribution is 6.31. The predicted molar refractivity (Wildman–Crippen MR) is 38.9 cm³/mol. The minimum atomic E-state index is -2.84. The summed E-state index contributed by atoms with van der Waals surface area (Å²) in [4.78, 5) is 3.32. The lowest BCUT2D eigenvalue weighted by molar-refractivity contribution is 0.145. The molecule has 0 aromatic carbocycles. The van der Waals surface area contributed by atoms with E-state index in [-0.39, 0.29) is 5.56 Å². The Morgan fingerprint density at radius 1 is 1.50 bits per heavy atom. The zero-order valence-electron chi connectivity index (χ0n) is 6.11. The molecular formula is C7H5ClF3N. The number of hydrogen-bond donors (Lipinski definition) is 0. The highest BCUT2D eigenvalue weighted by Gasteiger charge is 2.17. The number of aryl methyl sites for hydroxylation is 1. The molecule has 0 radical (unpaired) electrons. The van der Waals surface area contributed by atoms with Gasteiger partial charge in [0.2, 0.25) is 0 Å². The number of nitrogens with zero attached hydrogens (tertiary/aromatic N) is 1. The van der Waals surface area contributed by atoms with Gasteiger partial charge in [0.15, 0.2) is 0 Å². The van der Waals surface area contributed by atoms with Crippen molar-refractivity contribution in [1.29, 1.82) is 0 Å². The first kappa shape index (κ1) is 9.32. The summed E-state index contributed by atoms with van der Waals surface area (Å²) in [5.41, 5.74) is -0.552. The molecule has 0 amide bonds. The number of hydrogen-bond acceptors (Lipinski definition) is 1. The van der Waals surface area contributed by atoms with Crippen LogP contribution in [0.15, 0.2) is 6.20 Å². The van der Waals surface area contributed by atoms with E-state index < -0.39 is 23.0 Å². The van der Waals surface area contributed by atoms with Crippen LogP contribution in [0.4, 0.5) is 13.2 Å². The Labute approximate surface area is 72.2 Å². The second-order valence-electron chi connectivity index (χ2n) is 2.26. The summed E-state index contributed by atoms with van der Waals surface area (Å²) in [5, 5.41) is -0.593. The van der Waals surface area contributed by atoms with Gasteiger partial charge in [0.1, 0.15) is 16.5 Å². The van der Waals surface area contributed by atoms with Crippen molar-refractivity contribution >= 4 is 11.6 Å². The van der Waals surface area contributed by atoms with Gasteiger partial charge in [0, 0.05) is 11.8 Å². The predicted octanol–water partition coefficient (Wildman–Crippen LogP) is 3.12. The van der Waals surface area contributed by atoms with Crippen molar-refractivity contribution in [3.8, 4) is 0 Å². The third-order valence-corrected chi connectivity index (χ3v) is 1.73. The van der Waals surface area contributed by atoms with Crippen molar-refractivity contribution in [3.05, 3.63) is 28.3 Å². The minimum absolute atomic E-state index is 0.157. The molecule has 12 heavy (non-hydrogen) atoms. The Morgan fingerprint density at radius 2 is 2.08 bits per heavy atom. The first-order valence-corrected chi connectivity index (χ1v) is 3.50. The smallest absolute Gasteiger partial charge is 0.253 e. The van der Waals surface area contributed by atoms with Crippen LogP contribution >= 0.6 is 11.6 Å². The average Bonchev–Trinajstić information content (AvgIpc) is 2.00. The Kier molecular flexibility index (Phi) is 2.57. The van der Waals surface area contributed by atoms with Crippen LogP contribution in [0.25, 0.3) is 0 Å². The Bertz CT molecular complexity index is 301. The van der Waals surface area contributed by atoms with Crippen LogP contribution in [0.2, 0.25) is 5.02 Å². The van der Waals surface area contributed by atoms with E-state index in [0.29, 0.717) is 0 Å². The topological polar surface area (TPSA) is 12.9 Å². The van der Waals surface area contributed by atoms with Gasteiger partial charge in [-0.05, 0) is 6.92 Å².